The van der Waals surface area contributed by atoms with Crippen molar-refractivity contribution in [2.75, 3.05) is 0 Å². The fraction of sp³-hybridized carbons (Fsp3) is 0.667. The van der Waals surface area contributed by atoms with Gasteiger partial charge in [-0.15, -0.1) is 0 Å². The molecule has 1 saturated heterocycles. The lowest BCUT2D eigenvalue weighted by Gasteiger charge is -2.69. The summed E-state index contributed by atoms with van der Waals surface area (Å²) < 4.78 is 0. The Hall–Kier alpha value is -0.875. The Kier molecular flexibility index (Phi) is 2.89. The van der Waals surface area contributed by atoms with Gasteiger partial charge in [-0.25, -0.2) is 9.78 Å². The van der Waals surface area contributed by atoms with E-state index < -0.39 is 12.7 Å². The van der Waals surface area contributed by atoms with Crippen LogP contribution in [0.15, 0.2) is 24.3 Å². The number of rotatable bonds is 2. The van der Waals surface area contributed by atoms with Gasteiger partial charge in [-0.2, -0.15) is 0 Å². The van der Waals surface area contributed by atoms with Gasteiger partial charge in [-0.1, -0.05) is 24.3 Å². The second-order valence-corrected chi connectivity index (χ2v) is 8.30. The van der Waals surface area contributed by atoms with Gasteiger partial charge in [0.2, 0.25) is 0 Å². The summed E-state index contributed by atoms with van der Waals surface area (Å²) >= 11 is 0. The fourth-order valence-corrected chi connectivity index (χ4v) is 6.33. The van der Waals surface area contributed by atoms with Gasteiger partial charge in [0.1, 0.15) is 5.60 Å². The predicted molar refractivity (Wildman–Crippen MR) is 85.6 cm³/mol. The molecular weight excluding hydrogens is 291 g/mol. The van der Waals surface area contributed by atoms with E-state index in [0.717, 1.165) is 17.4 Å². The molecule has 1 unspecified atom stereocenters. The van der Waals surface area contributed by atoms with Crippen molar-refractivity contribution in [2.45, 2.75) is 50.2 Å². The molecule has 0 aromatic heterocycles. The van der Waals surface area contributed by atoms with E-state index in [4.69, 9.17) is 9.78 Å². The van der Waals surface area contributed by atoms with E-state index in [2.05, 4.69) is 6.92 Å². The third kappa shape index (κ3) is 1.71. The van der Waals surface area contributed by atoms with E-state index in [-0.39, 0.29) is 5.60 Å². The Labute approximate surface area is 136 Å². The van der Waals surface area contributed by atoms with Crippen LogP contribution in [-0.4, -0.2) is 22.8 Å². The molecule has 23 heavy (non-hydrogen) atoms. The van der Waals surface area contributed by atoms with E-state index in [0.29, 0.717) is 17.3 Å². The molecule has 0 amide bonds. The molecule has 6 rings (SSSR count). The van der Waals surface area contributed by atoms with Crippen molar-refractivity contribution in [2.24, 2.45) is 23.7 Å². The minimum absolute atomic E-state index is 0.223. The molecule has 4 aliphatic carbocycles. The lowest BCUT2D eigenvalue weighted by molar-refractivity contribution is -0.590. The van der Waals surface area contributed by atoms with Gasteiger partial charge in [0.05, 0.1) is 0 Å². The van der Waals surface area contributed by atoms with Crippen LogP contribution in [0.5, 0.6) is 0 Å². The smallest absolute Gasteiger partial charge is 0.423 e. The van der Waals surface area contributed by atoms with Gasteiger partial charge in [-0.3, -0.25) is 0 Å². The van der Waals surface area contributed by atoms with Gasteiger partial charge in [0, 0.05) is 0 Å². The quantitative estimate of drug-likeness (QED) is 0.645. The summed E-state index contributed by atoms with van der Waals surface area (Å²) in [6.07, 6.45) is 6.44. The Morgan fingerprint density at radius 3 is 2.17 bits per heavy atom. The Bertz CT molecular complexity index is 618. The maximum absolute atomic E-state index is 9.49. The highest BCUT2D eigenvalue weighted by molar-refractivity contribution is 6.58. The van der Waals surface area contributed by atoms with Gasteiger partial charge < -0.3 is 10.0 Å². The van der Waals surface area contributed by atoms with Gasteiger partial charge >= 0.3 is 7.12 Å². The highest BCUT2D eigenvalue weighted by atomic mass is 17.3. The third-order valence-corrected chi connectivity index (χ3v) is 7.18. The van der Waals surface area contributed by atoms with Crippen molar-refractivity contribution >= 4 is 12.6 Å². The molecule has 1 aromatic carbocycles. The van der Waals surface area contributed by atoms with Crippen molar-refractivity contribution in [3.8, 4) is 0 Å². The van der Waals surface area contributed by atoms with Crippen LogP contribution in [0.4, 0.5) is 0 Å². The molecule has 5 aliphatic rings. The van der Waals surface area contributed by atoms with Crippen molar-refractivity contribution in [1.82, 2.24) is 0 Å². The molecular formula is C18H23BO4. The van der Waals surface area contributed by atoms with Crippen LogP contribution < -0.4 is 5.46 Å². The third-order valence-electron chi connectivity index (χ3n) is 7.18. The van der Waals surface area contributed by atoms with E-state index >= 15 is 0 Å². The SMILES string of the molecule is CC1(c2cccc(B(O)O)c2)OOC12C1CC3CC(C1)CC2C3. The summed E-state index contributed by atoms with van der Waals surface area (Å²) in [6.45, 7) is 2.13. The topological polar surface area (TPSA) is 58.9 Å². The summed E-state index contributed by atoms with van der Waals surface area (Å²) in [4.78, 5) is 11.7. The zero-order valence-electron chi connectivity index (χ0n) is 13.4. The van der Waals surface area contributed by atoms with Gasteiger partial charge in [-0.05, 0) is 73.7 Å². The highest BCUT2D eigenvalue weighted by Gasteiger charge is 2.73. The van der Waals surface area contributed by atoms with Crippen LogP contribution >= 0.6 is 0 Å². The van der Waals surface area contributed by atoms with Crippen LogP contribution in [0.3, 0.4) is 0 Å². The van der Waals surface area contributed by atoms with Crippen LogP contribution in [0, 0.1) is 23.7 Å². The average molecular weight is 314 g/mol. The first-order valence-electron chi connectivity index (χ1n) is 8.86. The van der Waals surface area contributed by atoms with Crippen molar-refractivity contribution in [3.05, 3.63) is 29.8 Å². The molecule has 0 radical (unpaired) electrons. The van der Waals surface area contributed by atoms with Crippen molar-refractivity contribution in [3.63, 3.8) is 0 Å². The summed E-state index contributed by atoms with van der Waals surface area (Å²) in [5, 5.41) is 19.0. The summed E-state index contributed by atoms with van der Waals surface area (Å²) in [6, 6.07) is 7.50. The molecule has 4 bridgehead atoms. The Morgan fingerprint density at radius 1 is 1.00 bits per heavy atom. The molecule has 122 valence electrons. The first-order chi connectivity index (χ1) is 11.0. The molecule has 1 atom stereocenters. The van der Waals surface area contributed by atoms with Gasteiger partial charge in [0.25, 0.3) is 0 Å². The second-order valence-electron chi connectivity index (χ2n) is 8.30. The van der Waals surface area contributed by atoms with E-state index in [1.807, 2.05) is 18.2 Å². The van der Waals surface area contributed by atoms with Gasteiger partial charge in [0.15, 0.2) is 5.60 Å². The highest BCUT2D eigenvalue weighted by Crippen LogP contribution is 2.68. The van der Waals surface area contributed by atoms with Crippen LogP contribution in [-0.2, 0) is 15.4 Å². The van der Waals surface area contributed by atoms with Crippen LogP contribution in [0.25, 0.3) is 0 Å². The van der Waals surface area contributed by atoms with Crippen molar-refractivity contribution in [1.29, 1.82) is 0 Å². The molecule has 4 saturated carbocycles. The monoisotopic (exact) mass is 314 g/mol. The first kappa shape index (κ1) is 14.5. The molecule has 2 N–H and O–H groups in total. The van der Waals surface area contributed by atoms with Crippen LogP contribution in [0.1, 0.15) is 44.6 Å². The second kappa shape index (κ2) is 4.60. The zero-order chi connectivity index (χ0) is 15.8. The molecule has 1 aromatic rings. The summed E-state index contributed by atoms with van der Waals surface area (Å²) in [5.41, 5.74) is 0.806. The largest absolute Gasteiger partial charge is 0.488 e. The van der Waals surface area contributed by atoms with E-state index in [9.17, 15) is 10.0 Å². The first-order valence-corrected chi connectivity index (χ1v) is 8.86. The predicted octanol–water partition coefficient (Wildman–Crippen LogP) is 1.74. The molecule has 5 heteroatoms. The summed E-state index contributed by atoms with van der Waals surface area (Å²) in [5.74, 6) is 2.89. The number of hydrogen-bond acceptors (Lipinski definition) is 4. The van der Waals surface area contributed by atoms with E-state index in [1.165, 1.54) is 32.1 Å². The lowest BCUT2D eigenvalue weighted by atomic mass is 9.45. The minimum Gasteiger partial charge on any atom is -0.423 e. The molecule has 1 heterocycles. The molecule has 1 aliphatic heterocycles. The van der Waals surface area contributed by atoms with Crippen LogP contribution in [0.2, 0.25) is 0 Å². The van der Waals surface area contributed by atoms with E-state index in [1.54, 1.807) is 6.07 Å². The standard InChI is InChI=1S/C18H23BO4/c1-17(13-3-2-4-16(10-13)19(20)21)18(23-22-17)14-6-11-5-12(8-14)9-15(18)7-11/h2-4,10-12,14-15,20-21H,5-9H2,1H3. The molecule has 4 nitrogen and oxygen atoms in total. The Morgan fingerprint density at radius 2 is 1.65 bits per heavy atom. The number of hydrogen-bond donors (Lipinski definition) is 2. The normalized spacial score (nSPS) is 46.9. The molecule has 5 fully saturated rings. The Balaban J connectivity index is 1.57. The fourth-order valence-electron chi connectivity index (χ4n) is 6.33. The summed E-state index contributed by atoms with van der Waals surface area (Å²) in [7, 11) is -1.45. The maximum Gasteiger partial charge on any atom is 0.488 e. The minimum atomic E-state index is -1.45. The van der Waals surface area contributed by atoms with Crippen molar-refractivity contribution < 1.29 is 19.8 Å². The lowest BCUT2D eigenvalue weighted by Crippen LogP contribution is -2.75. The number of benzene rings is 1. The molecule has 1 spiro atoms. The average Bonchev–Trinajstić information content (AvgIpc) is 2.52. The zero-order valence-corrected chi connectivity index (χ0v) is 13.4. The maximum atomic E-state index is 9.49.